The standard InChI is InChI=1S/C12H21F3N2/c1-17(8-12(13,14)15)7-10-6-9-4-2-3-5-11(9)16-10/h9-11,16H,2-8H2,1H3. The van der Waals surface area contributed by atoms with Crippen LogP contribution in [0.3, 0.4) is 0 Å². The summed E-state index contributed by atoms with van der Waals surface area (Å²) in [6.45, 7) is -0.299. The summed E-state index contributed by atoms with van der Waals surface area (Å²) in [4.78, 5) is 1.38. The Balaban J connectivity index is 1.77. The van der Waals surface area contributed by atoms with E-state index in [1.54, 1.807) is 7.05 Å². The molecule has 0 aromatic carbocycles. The Morgan fingerprint density at radius 1 is 1.24 bits per heavy atom. The van der Waals surface area contributed by atoms with E-state index in [1.807, 2.05) is 0 Å². The number of nitrogens with zero attached hydrogens (tertiary/aromatic N) is 1. The lowest BCUT2D eigenvalue weighted by molar-refractivity contribution is -0.143. The largest absolute Gasteiger partial charge is 0.401 e. The second-order valence-electron chi connectivity index (χ2n) is 5.56. The SMILES string of the molecule is CN(CC1CC2CCCCC2N1)CC(F)(F)F. The number of fused-ring (bicyclic) bond motifs is 1. The number of likely N-dealkylation sites (N-methyl/N-ethyl adjacent to an activating group) is 1. The summed E-state index contributed by atoms with van der Waals surface area (Å²) in [6, 6.07) is 0.809. The molecule has 2 aliphatic rings. The van der Waals surface area contributed by atoms with E-state index in [0.29, 0.717) is 18.5 Å². The van der Waals surface area contributed by atoms with Crippen molar-refractivity contribution in [3.05, 3.63) is 0 Å². The van der Waals surface area contributed by atoms with Gasteiger partial charge in [-0.05, 0) is 32.2 Å². The van der Waals surface area contributed by atoms with Gasteiger partial charge in [0.1, 0.15) is 0 Å². The molecule has 1 saturated carbocycles. The predicted molar refractivity (Wildman–Crippen MR) is 60.8 cm³/mol. The molecule has 0 spiro atoms. The van der Waals surface area contributed by atoms with E-state index in [1.165, 1.54) is 30.6 Å². The van der Waals surface area contributed by atoms with E-state index in [4.69, 9.17) is 0 Å². The predicted octanol–water partition coefficient (Wildman–Crippen LogP) is 2.40. The van der Waals surface area contributed by atoms with Crippen LogP contribution in [0.5, 0.6) is 0 Å². The van der Waals surface area contributed by atoms with E-state index in [0.717, 1.165) is 6.42 Å². The maximum atomic E-state index is 12.2. The highest BCUT2D eigenvalue weighted by Gasteiger charge is 2.36. The summed E-state index contributed by atoms with van der Waals surface area (Å²) in [5.41, 5.74) is 0. The van der Waals surface area contributed by atoms with E-state index in [-0.39, 0.29) is 6.04 Å². The van der Waals surface area contributed by atoms with Gasteiger partial charge < -0.3 is 5.32 Å². The van der Waals surface area contributed by atoms with Gasteiger partial charge in [0.15, 0.2) is 0 Å². The lowest BCUT2D eigenvalue weighted by atomic mass is 9.85. The number of hydrogen-bond acceptors (Lipinski definition) is 2. The molecule has 3 unspecified atom stereocenters. The van der Waals surface area contributed by atoms with E-state index in [2.05, 4.69) is 5.32 Å². The minimum atomic E-state index is -4.08. The Bertz CT molecular complexity index is 241. The molecular formula is C12H21F3N2. The summed E-state index contributed by atoms with van der Waals surface area (Å²) in [7, 11) is 1.55. The summed E-state index contributed by atoms with van der Waals surface area (Å²) in [5.74, 6) is 0.702. The maximum absolute atomic E-state index is 12.2. The van der Waals surface area contributed by atoms with Crippen LogP contribution in [0.4, 0.5) is 13.2 Å². The summed E-state index contributed by atoms with van der Waals surface area (Å²) in [5, 5.41) is 3.50. The summed E-state index contributed by atoms with van der Waals surface area (Å²) in [6.07, 6.45) is 1.96. The fourth-order valence-corrected chi connectivity index (χ4v) is 3.32. The molecule has 0 amide bonds. The van der Waals surface area contributed by atoms with E-state index < -0.39 is 12.7 Å². The van der Waals surface area contributed by atoms with Crippen LogP contribution in [0.25, 0.3) is 0 Å². The molecule has 2 nitrogen and oxygen atoms in total. The lowest BCUT2D eigenvalue weighted by Crippen LogP contribution is -2.42. The van der Waals surface area contributed by atoms with Crippen LogP contribution in [0, 0.1) is 5.92 Å². The third-order valence-corrected chi connectivity index (χ3v) is 3.93. The second-order valence-corrected chi connectivity index (χ2v) is 5.56. The Morgan fingerprint density at radius 3 is 2.59 bits per heavy atom. The van der Waals surface area contributed by atoms with Crippen molar-refractivity contribution in [2.75, 3.05) is 20.1 Å². The zero-order chi connectivity index (χ0) is 12.5. The van der Waals surface area contributed by atoms with Crippen LogP contribution in [-0.4, -0.2) is 43.3 Å². The molecule has 0 aromatic heterocycles. The minimum absolute atomic E-state index is 0.246. The normalized spacial score (nSPS) is 34.1. The highest BCUT2D eigenvalue weighted by molar-refractivity contribution is 4.93. The average molecular weight is 250 g/mol. The molecular weight excluding hydrogens is 229 g/mol. The van der Waals surface area contributed by atoms with Gasteiger partial charge in [-0.3, -0.25) is 4.90 Å². The molecule has 2 fully saturated rings. The lowest BCUT2D eigenvalue weighted by Gasteiger charge is -2.24. The molecule has 1 N–H and O–H groups in total. The Morgan fingerprint density at radius 2 is 1.94 bits per heavy atom. The molecule has 0 radical (unpaired) electrons. The number of hydrogen-bond donors (Lipinski definition) is 1. The van der Waals surface area contributed by atoms with Crippen molar-refractivity contribution >= 4 is 0 Å². The van der Waals surface area contributed by atoms with E-state index in [9.17, 15) is 13.2 Å². The second kappa shape index (κ2) is 5.14. The van der Waals surface area contributed by atoms with E-state index >= 15 is 0 Å². The van der Waals surface area contributed by atoms with Crippen LogP contribution >= 0.6 is 0 Å². The molecule has 0 aromatic rings. The molecule has 1 aliphatic heterocycles. The van der Waals surface area contributed by atoms with Crippen LogP contribution in [0.1, 0.15) is 32.1 Å². The fraction of sp³-hybridized carbons (Fsp3) is 1.00. The van der Waals surface area contributed by atoms with Crippen LogP contribution in [-0.2, 0) is 0 Å². The molecule has 3 atom stereocenters. The smallest absolute Gasteiger partial charge is 0.310 e. The molecule has 1 saturated heterocycles. The Hall–Kier alpha value is -0.290. The van der Waals surface area contributed by atoms with Gasteiger partial charge >= 0.3 is 6.18 Å². The highest BCUT2D eigenvalue weighted by atomic mass is 19.4. The van der Waals surface area contributed by atoms with Crippen LogP contribution in [0.2, 0.25) is 0 Å². The Labute approximate surface area is 101 Å². The van der Waals surface area contributed by atoms with Crippen molar-refractivity contribution in [2.45, 2.75) is 50.4 Å². The zero-order valence-corrected chi connectivity index (χ0v) is 10.3. The quantitative estimate of drug-likeness (QED) is 0.827. The third kappa shape index (κ3) is 3.85. The third-order valence-electron chi connectivity index (χ3n) is 3.93. The first-order valence-electron chi connectivity index (χ1n) is 6.45. The number of alkyl halides is 3. The van der Waals surface area contributed by atoms with Crippen molar-refractivity contribution in [1.82, 2.24) is 10.2 Å². The van der Waals surface area contributed by atoms with Crippen LogP contribution in [0.15, 0.2) is 0 Å². The zero-order valence-electron chi connectivity index (χ0n) is 10.3. The van der Waals surface area contributed by atoms with Gasteiger partial charge in [0, 0.05) is 18.6 Å². The van der Waals surface area contributed by atoms with Crippen molar-refractivity contribution in [2.24, 2.45) is 5.92 Å². The van der Waals surface area contributed by atoms with Crippen molar-refractivity contribution in [3.8, 4) is 0 Å². The first-order chi connectivity index (χ1) is 7.94. The average Bonchev–Trinajstić information content (AvgIpc) is 2.55. The molecule has 1 heterocycles. The molecule has 100 valence electrons. The number of nitrogens with one attached hydrogen (secondary N) is 1. The first-order valence-corrected chi connectivity index (χ1v) is 6.45. The molecule has 17 heavy (non-hydrogen) atoms. The monoisotopic (exact) mass is 250 g/mol. The van der Waals surface area contributed by atoms with Gasteiger partial charge in [0.2, 0.25) is 0 Å². The first kappa shape index (κ1) is 13.1. The number of halogens is 3. The van der Waals surface area contributed by atoms with Gasteiger partial charge in [-0.2, -0.15) is 13.2 Å². The maximum Gasteiger partial charge on any atom is 0.401 e. The molecule has 2 rings (SSSR count). The molecule has 0 bridgehead atoms. The minimum Gasteiger partial charge on any atom is -0.310 e. The van der Waals surface area contributed by atoms with Gasteiger partial charge in [-0.1, -0.05) is 12.8 Å². The highest BCUT2D eigenvalue weighted by Crippen LogP contribution is 2.33. The molecule has 5 heteroatoms. The van der Waals surface area contributed by atoms with Crippen molar-refractivity contribution in [1.29, 1.82) is 0 Å². The van der Waals surface area contributed by atoms with Gasteiger partial charge in [-0.25, -0.2) is 0 Å². The summed E-state index contributed by atoms with van der Waals surface area (Å²) < 4.78 is 36.6. The number of rotatable bonds is 3. The molecule has 1 aliphatic carbocycles. The van der Waals surface area contributed by atoms with Crippen molar-refractivity contribution in [3.63, 3.8) is 0 Å². The topological polar surface area (TPSA) is 15.3 Å². The van der Waals surface area contributed by atoms with Crippen LogP contribution < -0.4 is 5.32 Å². The Kier molecular flexibility index (Phi) is 3.98. The van der Waals surface area contributed by atoms with Crippen molar-refractivity contribution < 1.29 is 13.2 Å². The summed E-state index contributed by atoms with van der Waals surface area (Å²) >= 11 is 0. The van der Waals surface area contributed by atoms with Gasteiger partial charge in [0.25, 0.3) is 0 Å². The fourth-order valence-electron chi connectivity index (χ4n) is 3.32. The van der Waals surface area contributed by atoms with Gasteiger partial charge in [-0.15, -0.1) is 0 Å². The van der Waals surface area contributed by atoms with Gasteiger partial charge in [0.05, 0.1) is 6.54 Å².